The predicted octanol–water partition coefficient (Wildman–Crippen LogP) is 5.04. The lowest BCUT2D eigenvalue weighted by Gasteiger charge is -2.05. The molecule has 104 valence electrons. The third-order valence-corrected chi connectivity index (χ3v) is 4.56. The average Bonchev–Trinajstić information content (AvgIpc) is 2.42. The Balaban J connectivity index is 1.96. The van der Waals surface area contributed by atoms with E-state index in [2.05, 4.69) is 0 Å². The molecule has 0 radical (unpaired) electrons. The van der Waals surface area contributed by atoms with Gasteiger partial charge in [0, 0.05) is 16.3 Å². The van der Waals surface area contributed by atoms with Crippen LogP contribution in [0.25, 0.3) is 0 Å². The number of benzene rings is 2. The molecule has 2 aromatic rings. The molecule has 0 unspecified atom stereocenters. The number of carbonyl (C=O) groups is 1. The van der Waals surface area contributed by atoms with Crippen molar-refractivity contribution in [2.75, 3.05) is 5.75 Å². The van der Waals surface area contributed by atoms with Crippen molar-refractivity contribution in [3.05, 3.63) is 63.9 Å². The first-order chi connectivity index (χ1) is 9.56. The Hall–Kier alpha value is -1.03. The lowest BCUT2D eigenvalue weighted by molar-refractivity contribution is -0.116. The van der Waals surface area contributed by atoms with E-state index >= 15 is 0 Å². The second-order valence-electron chi connectivity index (χ2n) is 4.17. The number of rotatable bonds is 5. The topological polar surface area (TPSA) is 17.1 Å². The van der Waals surface area contributed by atoms with E-state index in [-0.39, 0.29) is 18.0 Å². The van der Waals surface area contributed by atoms with Crippen molar-refractivity contribution in [2.45, 2.75) is 11.3 Å². The van der Waals surface area contributed by atoms with E-state index in [1.54, 1.807) is 6.07 Å². The molecule has 0 heterocycles. The Morgan fingerprint density at radius 3 is 2.60 bits per heavy atom. The van der Waals surface area contributed by atoms with Gasteiger partial charge in [-0.2, -0.15) is 0 Å². The Morgan fingerprint density at radius 1 is 1.10 bits per heavy atom. The highest BCUT2D eigenvalue weighted by Gasteiger charge is 2.10. The number of thioether (sulfide) groups is 1. The highest BCUT2D eigenvalue weighted by molar-refractivity contribution is 8.00. The van der Waals surface area contributed by atoms with Gasteiger partial charge in [-0.3, -0.25) is 4.79 Å². The summed E-state index contributed by atoms with van der Waals surface area (Å²) >= 11 is 13.3. The largest absolute Gasteiger partial charge is 0.298 e. The van der Waals surface area contributed by atoms with Gasteiger partial charge in [0.15, 0.2) is 0 Å². The number of Topliss-reactive ketones (excluding diaryl/α,β-unsaturated/α-hetero) is 1. The van der Waals surface area contributed by atoms with Crippen LogP contribution < -0.4 is 0 Å². The fourth-order valence-electron chi connectivity index (χ4n) is 1.66. The summed E-state index contributed by atoms with van der Waals surface area (Å²) in [7, 11) is 0. The van der Waals surface area contributed by atoms with E-state index in [1.165, 1.54) is 30.0 Å². The van der Waals surface area contributed by atoms with Crippen molar-refractivity contribution in [1.82, 2.24) is 0 Å². The number of hydrogen-bond acceptors (Lipinski definition) is 2. The minimum Gasteiger partial charge on any atom is -0.298 e. The zero-order valence-corrected chi connectivity index (χ0v) is 12.7. The Kier molecular flexibility index (Phi) is 5.46. The fraction of sp³-hybridized carbons (Fsp3) is 0.133. The molecule has 2 rings (SSSR count). The maximum Gasteiger partial charge on any atom is 0.147 e. The molecule has 0 fully saturated rings. The van der Waals surface area contributed by atoms with Gasteiger partial charge in [0.1, 0.15) is 11.6 Å². The molecule has 0 aliphatic carbocycles. The average molecular weight is 329 g/mol. The molecular formula is C15H11Cl2FOS. The van der Waals surface area contributed by atoms with E-state index in [9.17, 15) is 9.18 Å². The second kappa shape index (κ2) is 7.11. The number of carbonyl (C=O) groups excluding carboxylic acids is 1. The molecular weight excluding hydrogens is 318 g/mol. The van der Waals surface area contributed by atoms with Crippen molar-refractivity contribution < 1.29 is 9.18 Å². The molecule has 20 heavy (non-hydrogen) atoms. The normalized spacial score (nSPS) is 10.6. The zero-order chi connectivity index (χ0) is 14.5. The summed E-state index contributed by atoms with van der Waals surface area (Å²) < 4.78 is 13.1. The monoisotopic (exact) mass is 328 g/mol. The molecule has 0 atom stereocenters. The molecule has 0 bridgehead atoms. The summed E-state index contributed by atoms with van der Waals surface area (Å²) in [5.41, 5.74) is 0.511. The molecule has 0 amide bonds. The summed E-state index contributed by atoms with van der Waals surface area (Å²) in [5.74, 6) is -0.144. The van der Waals surface area contributed by atoms with Gasteiger partial charge in [0.25, 0.3) is 0 Å². The van der Waals surface area contributed by atoms with Gasteiger partial charge in [0.2, 0.25) is 0 Å². The van der Waals surface area contributed by atoms with Crippen molar-refractivity contribution in [1.29, 1.82) is 0 Å². The molecule has 0 aliphatic heterocycles. The van der Waals surface area contributed by atoms with Crippen LogP contribution in [-0.2, 0) is 11.2 Å². The van der Waals surface area contributed by atoms with E-state index in [0.29, 0.717) is 15.6 Å². The smallest absolute Gasteiger partial charge is 0.147 e. The first-order valence-corrected chi connectivity index (χ1v) is 7.63. The van der Waals surface area contributed by atoms with E-state index in [4.69, 9.17) is 23.2 Å². The first-order valence-electron chi connectivity index (χ1n) is 5.89. The highest BCUT2D eigenvalue weighted by atomic mass is 35.5. The van der Waals surface area contributed by atoms with Crippen LogP contribution in [0.4, 0.5) is 4.39 Å². The van der Waals surface area contributed by atoms with Gasteiger partial charge in [-0.1, -0.05) is 35.3 Å². The quantitative estimate of drug-likeness (QED) is 0.715. The fourth-order valence-corrected chi connectivity index (χ4v) is 2.95. The van der Waals surface area contributed by atoms with Crippen molar-refractivity contribution in [3.8, 4) is 0 Å². The number of hydrogen-bond donors (Lipinski definition) is 0. The molecule has 0 aromatic heterocycles. The zero-order valence-electron chi connectivity index (χ0n) is 10.4. The molecule has 0 N–H and O–H groups in total. The van der Waals surface area contributed by atoms with Crippen molar-refractivity contribution >= 4 is 40.7 Å². The minimum absolute atomic E-state index is 0.0255. The third-order valence-electron chi connectivity index (χ3n) is 2.62. The van der Waals surface area contributed by atoms with E-state index in [0.717, 1.165) is 4.90 Å². The van der Waals surface area contributed by atoms with E-state index < -0.39 is 5.82 Å². The van der Waals surface area contributed by atoms with Crippen LogP contribution in [0.1, 0.15) is 5.56 Å². The predicted molar refractivity (Wildman–Crippen MR) is 82.3 cm³/mol. The standard InChI is InChI=1S/C15H11Cl2FOS/c16-13-6-5-11(18)7-10(13)8-12(19)9-20-15-4-2-1-3-14(15)17/h1-7H,8-9H2. The van der Waals surface area contributed by atoms with E-state index in [1.807, 2.05) is 18.2 Å². The van der Waals surface area contributed by atoms with Crippen LogP contribution >= 0.6 is 35.0 Å². The number of ketones is 1. The van der Waals surface area contributed by atoms with Crippen LogP contribution in [0.5, 0.6) is 0 Å². The molecule has 2 aromatic carbocycles. The summed E-state index contributed by atoms with van der Waals surface area (Å²) in [4.78, 5) is 12.8. The Labute approximate surface area is 131 Å². The Morgan fingerprint density at radius 2 is 1.85 bits per heavy atom. The lowest BCUT2D eigenvalue weighted by Crippen LogP contribution is -2.06. The molecule has 5 heteroatoms. The van der Waals surface area contributed by atoms with Crippen molar-refractivity contribution in [3.63, 3.8) is 0 Å². The van der Waals surface area contributed by atoms with Gasteiger partial charge in [-0.15, -0.1) is 11.8 Å². The molecule has 0 saturated heterocycles. The van der Waals surface area contributed by atoms with Gasteiger partial charge < -0.3 is 0 Å². The maximum atomic E-state index is 13.1. The molecule has 1 nitrogen and oxygen atoms in total. The summed E-state index contributed by atoms with van der Waals surface area (Å²) in [6, 6.07) is 11.4. The molecule has 0 spiro atoms. The van der Waals surface area contributed by atoms with Crippen LogP contribution in [0.3, 0.4) is 0 Å². The van der Waals surface area contributed by atoms with Crippen LogP contribution in [0.2, 0.25) is 10.0 Å². The van der Waals surface area contributed by atoms with Gasteiger partial charge in [0.05, 0.1) is 10.8 Å². The SMILES string of the molecule is O=C(CSc1ccccc1Cl)Cc1cc(F)ccc1Cl. The van der Waals surface area contributed by atoms with Crippen LogP contribution in [-0.4, -0.2) is 11.5 Å². The highest BCUT2D eigenvalue weighted by Crippen LogP contribution is 2.27. The second-order valence-corrected chi connectivity index (χ2v) is 6.00. The minimum atomic E-state index is -0.393. The summed E-state index contributed by atoms with van der Waals surface area (Å²) in [6.45, 7) is 0. The first kappa shape index (κ1) is 15.4. The van der Waals surface area contributed by atoms with Gasteiger partial charge in [-0.25, -0.2) is 4.39 Å². The summed E-state index contributed by atoms with van der Waals surface area (Å²) in [6.07, 6.45) is 0.119. The third kappa shape index (κ3) is 4.23. The Bertz CT molecular complexity index is 631. The number of halogens is 3. The maximum absolute atomic E-state index is 13.1. The van der Waals surface area contributed by atoms with Crippen LogP contribution in [0, 0.1) is 5.82 Å². The van der Waals surface area contributed by atoms with Gasteiger partial charge >= 0.3 is 0 Å². The lowest BCUT2D eigenvalue weighted by atomic mass is 10.1. The van der Waals surface area contributed by atoms with Gasteiger partial charge in [-0.05, 0) is 35.9 Å². The van der Waals surface area contributed by atoms with Crippen LogP contribution in [0.15, 0.2) is 47.4 Å². The van der Waals surface area contributed by atoms with Crippen molar-refractivity contribution in [2.24, 2.45) is 0 Å². The molecule has 0 aliphatic rings. The molecule has 0 saturated carbocycles. The summed E-state index contributed by atoms with van der Waals surface area (Å²) in [5, 5.41) is 1.02.